The standard InChI is InChI=1S/C15H10F3N3O2S/c16-15(17,18)11-8-20-14(24-11)21-12(22)7-9-1-3-10(4-2-9)13-19-5-6-23-13/h1-6,8H,7H2,(H,20,21,22). The average Bonchev–Trinajstić information content (AvgIpc) is 3.18. The zero-order chi connectivity index (χ0) is 17.2. The van der Waals surface area contributed by atoms with Crippen LogP contribution in [0.3, 0.4) is 0 Å². The maximum Gasteiger partial charge on any atom is 0.427 e. The summed E-state index contributed by atoms with van der Waals surface area (Å²) in [5.41, 5.74) is 1.47. The van der Waals surface area contributed by atoms with Crippen LogP contribution in [-0.2, 0) is 17.4 Å². The fraction of sp³-hybridized carbons (Fsp3) is 0.133. The lowest BCUT2D eigenvalue weighted by molar-refractivity contribution is -0.134. The van der Waals surface area contributed by atoms with Crippen molar-refractivity contribution in [1.82, 2.24) is 9.97 Å². The van der Waals surface area contributed by atoms with Gasteiger partial charge >= 0.3 is 6.18 Å². The Labute approximate surface area is 138 Å². The fourth-order valence-corrected chi connectivity index (χ4v) is 2.64. The average molecular weight is 353 g/mol. The molecule has 2 aromatic heterocycles. The summed E-state index contributed by atoms with van der Waals surface area (Å²) >= 11 is 0.391. The highest BCUT2D eigenvalue weighted by atomic mass is 32.1. The molecule has 0 aliphatic heterocycles. The van der Waals surface area contributed by atoms with Crippen molar-refractivity contribution in [3.63, 3.8) is 0 Å². The molecule has 0 spiro atoms. The Bertz CT molecular complexity index is 827. The van der Waals surface area contributed by atoms with Crippen LogP contribution < -0.4 is 5.32 Å². The molecular weight excluding hydrogens is 343 g/mol. The monoisotopic (exact) mass is 353 g/mol. The molecule has 0 fully saturated rings. The predicted octanol–water partition coefficient (Wildman–Crippen LogP) is 4.00. The summed E-state index contributed by atoms with van der Waals surface area (Å²) in [6.07, 6.45) is -0.756. The van der Waals surface area contributed by atoms with Crippen molar-refractivity contribution in [3.05, 3.63) is 53.4 Å². The fourth-order valence-electron chi connectivity index (χ4n) is 1.94. The van der Waals surface area contributed by atoms with Crippen LogP contribution in [0.25, 0.3) is 11.5 Å². The number of carbonyl (C=O) groups excluding carboxylic acids is 1. The van der Waals surface area contributed by atoms with E-state index < -0.39 is 17.0 Å². The molecule has 0 radical (unpaired) electrons. The van der Waals surface area contributed by atoms with Crippen LogP contribution in [0.1, 0.15) is 10.4 Å². The zero-order valence-corrected chi connectivity index (χ0v) is 12.8. The molecule has 0 saturated carbocycles. The van der Waals surface area contributed by atoms with Gasteiger partial charge < -0.3 is 9.73 Å². The molecule has 0 aliphatic rings. The Hall–Kier alpha value is -2.68. The van der Waals surface area contributed by atoms with Gasteiger partial charge in [-0.1, -0.05) is 23.5 Å². The van der Waals surface area contributed by atoms with Crippen molar-refractivity contribution in [2.75, 3.05) is 5.32 Å². The minimum absolute atomic E-state index is 0.0206. The van der Waals surface area contributed by atoms with E-state index in [0.29, 0.717) is 29.0 Å². The summed E-state index contributed by atoms with van der Waals surface area (Å²) in [7, 11) is 0. The smallest absolute Gasteiger partial charge is 0.427 e. The quantitative estimate of drug-likeness (QED) is 0.770. The van der Waals surface area contributed by atoms with Crippen LogP contribution in [0.15, 0.2) is 47.3 Å². The number of nitrogens with one attached hydrogen (secondary N) is 1. The molecule has 9 heteroatoms. The normalized spacial score (nSPS) is 11.5. The molecule has 1 N–H and O–H groups in total. The van der Waals surface area contributed by atoms with E-state index in [1.165, 1.54) is 12.5 Å². The Morgan fingerprint density at radius 2 is 1.96 bits per heavy atom. The first-order valence-corrected chi connectivity index (χ1v) is 7.55. The number of oxazole rings is 1. The number of carbonyl (C=O) groups is 1. The van der Waals surface area contributed by atoms with E-state index in [1.807, 2.05) is 0 Å². The Balaban J connectivity index is 1.61. The van der Waals surface area contributed by atoms with E-state index in [4.69, 9.17) is 4.42 Å². The number of benzene rings is 1. The first-order valence-electron chi connectivity index (χ1n) is 6.73. The first kappa shape index (κ1) is 16.2. The number of halogens is 3. The second kappa shape index (κ2) is 6.44. The van der Waals surface area contributed by atoms with Gasteiger partial charge in [0.15, 0.2) is 5.13 Å². The number of nitrogens with zero attached hydrogens (tertiary/aromatic N) is 2. The molecule has 0 unspecified atom stereocenters. The highest BCUT2D eigenvalue weighted by Gasteiger charge is 2.33. The molecule has 3 aromatic rings. The molecule has 1 aromatic carbocycles. The Morgan fingerprint density at radius 1 is 1.21 bits per heavy atom. The Kier molecular flexibility index (Phi) is 4.34. The summed E-state index contributed by atoms with van der Waals surface area (Å²) in [5.74, 6) is 0.0235. The Morgan fingerprint density at radius 3 is 2.54 bits per heavy atom. The van der Waals surface area contributed by atoms with Gasteiger partial charge in [-0.15, -0.1) is 0 Å². The summed E-state index contributed by atoms with van der Waals surface area (Å²) in [6.45, 7) is 0. The lowest BCUT2D eigenvalue weighted by Gasteiger charge is -2.03. The van der Waals surface area contributed by atoms with Crippen LogP contribution in [0.4, 0.5) is 18.3 Å². The number of aromatic nitrogens is 2. The number of hydrogen-bond acceptors (Lipinski definition) is 5. The van der Waals surface area contributed by atoms with Gasteiger partial charge in [0.2, 0.25) is 11.8 Å². The van der Waals surface area contributed by atoms with Crippen LogP contribution in [0.5, 0.6) is 0 Å². The molecule has 24 heavy (non-hydrogen) atoms. The topological polar surface area (TPSA) is 68.0 Å². The van der Waals surface area contributed by atoms with E-state index in [2.05, 4.69) is 15.3 Å². The van der Waals surface area contributed by atoms with Gasteiger partial charge in [0, 0.05) is 5.56 Å². The number of amides is 1. The van der Waals surface area contributed by atoms with E-state index >= 15 is 0 Å². The number of rotatable bonds is 4. The molecule has 1 amide bonds. The molecule has 0 atom stereocenters. The molecular formula is C15H10F3N3O2S. The van der Waals surface area contributed by atoms with Gasteiger partial charge in [0.25, 0.3) is 0 Å². The van der Waals surface area contributed by atoms with Gasteiger partial charge in [0.05, 0.1) is 18.8 Å². The van der Waals surface area contributed by atoms with Crippen LogP contribution in [0.2, 0.25) is 0 Å². The highest BCUT2D eigenvalue weighted by Crippen LogP contribution is 2.35. The van der Waals surface area contributed by atoms with Crippen molar-refractivity contribution in [3.8, 4) is 11.5 Å². The van der Waals surface area contributed by atoms with Gasteiger partial charge in [-0.3, -0.25) is 4.79 Å². The van der Waals surface area contributed by atoms with E-state index in [-0.39, 0.29) is 11.6 Å². The van der Waals surface area contributed by atoms with Crippen molar-refractivity contribution >= 4 is 22.4 Å². The largest absolute Gasteiger partial charge is 0.445 e. The molecule has 124 valence electrons. The zero-order valence-electron chi connectivity index (χ0n) is 12.0. The maximum absolute atomic E-state index is 12.5. The number of hydrogen-bond donors (Lipinski definition) is 1. The van der Waals surface area contributed by atoms with E-state index in [1.54, 1.807) is 24.3 Å². The van der Waals surface area contributed by atoms with E-state index in [9.17, 15) is 18.0 Å². The molecule has 3 rings (SSSR count). The van der Waals surface area contributed by atoms with Crippen molar-refractivity contribution in [2.24, 2.45) is 0 Å². The summed E-state index contributed by atoms with van der Waals surface area (Å²) in [4.78, 5) is 18.6. The first-order chi connectivity index (χ1) is 11.4. The summed E-state index contributed by atoms with van der Waals surface area (Å²) in [5, 5.41) is 2.28. The summed E-state index contributed by atoms with van der Waals surface area (Å²) < 4.78 is 42.6. The summed E-state index contributed by atoms with van der Waals surface area (Å²) in [6, 6.07) is 6.95. The lowest BCUT2D eigenvalue weighted by atomic mass is 10.1. The molecule has 2 heterocycles. The molecule has 0 saturated heterocycles. The molecule has 0 aliphatic carbocycles. The van der Waals surface area contributed by atoms with Gasteiger partial charge in [-0.2, -0.15) is 13.2 Å². The molecule has 0 bridgehead atoms. The van der Waals surface area contributed by atoms with Gasteiger partial charge in [-0.05, 0) is 17.7 Å². The SMILES string of the molecule is O=C(Cc1ccc(-c2ncco2)cc1)Nc1ncc(C(F)(F)F)s1. The third kappa shape index (κ3) is 3.80. The second-order valence-electron chi connectivity index (χ2n) is 4.79. The third-order valence-corrected chi connectivity index (χ3v) is 3.99. The van der Waals surface area contributed by atoms with Crippen molar-refractivity contribution in [1.29, 1.82) is 0 Å². The van der Waals surface area contributed by atoms with Crippen LogP contribution in [-0.4, -0.2) is 15.9 Å². The van der Waals surface area contributed by atoms with Crippen molar-refractivity contribution in [2.45, 2.75) is 12.6 Å². The predicted molar refractivity (Wildman–Crippen MR) is 81.4 cm³/mol. The van der Waals surface area contributed by atoms with E-state index in [0.717, 1.165) is 5.56 Å². The minimum Gasteiger partial charge on any atom is -0.445 e. The number of thiazole rings is 1. The minimum atomic E-state index is -4.46. The number of anilines is 1. The maximum atomic E-state index is 12.5. The second-order valence-corrected chi connectivity index (χ2v) is 5.82. The highest BCUT2D eigenvalue weighted by molar-refractivity contribution is 7.15. The van der Waals surface area contributed by atoms with Gasteiger partial charge in [-0.25, -0.2) is 9.97 Å². The van der Waals surface area contributed by atoms with Crippen molar-refractivity contribution < 1.29 is 22.4 Å². The van der Waals surface area contributed by atoms with Crippen LogP contribution in [0, 0.1) is 0 Å². The molecule has 5 nitrogen and oxygen atoms in total. The number of alkyl halides is 3. The van der Waals surface area contributed by atoms with Crippen LogP contribution >= 0.6 is 11.3 Å². The van der Waals surface area contributed by atoms with Gasteiger partial charge in [0.1, 0.15) is 11.1 Å². The third-order valence-electron chi connectivity index (χ3n) is 3.03. The lowest BCUT2D eigenvalue weighted by Crippen LogP contribution is -2.14.